The second kappa shape index (κ2) is 11.2. The summed E-state index contributed by atoms with van der Waals surface area (Å²) in [5.74, 6) is 0.0147. The van der Waals surface area contributed by atoms with E-state index in [0.717, 1.165) is 5.56 Å². The van der Waals surface area contributed by atoms with Crippen LogP contribution >= 0.6 is 0 Å². The standard InChI is InChI=1S/C22H31N3O5/c1-5-29-18-9-7-17(15-19(18)30-6-2)8-10-20(26)24-11-13-25(14-12-24)22(28)21(27)23-16(3)4/h7-10,15-16H,5-6,11-14H2,1-4H3,(H,23,27). The molecule has 1 saturated heterocycles. The minimum absolute atomic E-state index is 0.0969. The first-order valence-corrected chi connectivity index (χ1v) is 10.3. The summed E-state index contributed by atoms with van der Waals surface area (Å²) in [7, 11) is 0. The van der Waals surface area contributed by atoms with Crippen molar-refractivity contribution < 1.29 is 23.9 Å². The zero-order chi connectivity index (χ0) is 22.1. The molecule has 0 radical (unpaired) electrons. The minimum Gasteiger partial charge on any atom is -0.490 e. The molecule has 2 rings (SSSR count). The summed E-state index contributed by atoms with van der Waals surface area (Å²) in [6.45, 7) is 9.92. The van der Waals surface area contributed by atoms with Gasteiger partial charge in [-0.05, 0) is 51.5 Å². The molecule has 8 heteroatoms. The Kier molecular flexibility index (Phi) is 8.70. The lowest BCUT2D eigenvalue weighted by molar-refractivity contribution is -0.148. The van der Waals surface area contributed by atoms with Gasteiger partial charge in [0.05, 0.1) is 13.2 Å². The normalized spacial score (nSPS) is 14.2. The second-order valence-corrected chi connectivity index (χ2v) is 7.15. The molecule has 164 valence electrons. The Morgan fingerprint density at radius 1 is 1.00 bits per heavy atom. The molecule has 8 nitrogen and oxygen atoms in total. The van der Waals surface area contributed by atoms with Crippen molar-refractivity contribution in [3.05, 3.63) is 29.8 Å². The molecule has 1 aliphatic rings. The van der Waals surface area contributed by atoms with E-state index in [-0.39, 0.29) is 11.9 Å². The molecule has 3 amide bonds. The Balaban J connectivity index is 1.93. The molecule has 0 saturated carbocycles. The molecule has 1 N–H and O–H groups in total. The lowest BCUT2D eigenvalue weighted by Crippen LogP contribution is -2.54. The van der Waals surface area contributed by atoms with Gasteiger partial charge in [-0.1, -0.05) is 6.07 Å². The van der Waals surface area contributed by atoms with E-state index in [1.54, 1.807) is 24.8 Å². The number of amides is 3. The maximum Gasteiger partial charge on any atom is 0.312 e. The third-order valence-corrected chi connectivity index (χ3v) is 4.48. The van der Waals surface area contributed by atoms with E-state index in [9.17, 15) is 14.4 Å². The summed E-state index contributed by atoms with van der Waals surface area (Å²) in [5, 5.41) is 2.60. The highest BCUT2D eigenvalue weighted by molar-refractivity contribution is 6.35. The van der Waals surface area contributed by atoms with Crippen molar-refractivity contribution in [2.24, 2.45) is 0 Å². The van der Waals surface area contributed by atoms with E-state index in [1.807, 2.05) is 32.0 Å². The number of hydrogen-bond acceptors (Lipinski definition) is 5. The Labute approximate surface area is 177 Å². The van der Waals surface area contributed by atoms with Crippen LogP contribution in [0.15, 0.2) is 24.3 Å². The van der Waals surface area contributed by atoms with Crippen LogP contribution in [-0.2, 0) is 14.4 Å². The van der Waals surface area contributed by atoms with Gasteiger partial charge in [-0.25, -0.2) is 0 Å². The molecule has 0 aromatic heterocycles. The predicted octanol–water partition coefficient (Wildman–Crippen LogP) is 1.69. The van der Waals surface area contributed by atoms with Crippen LogP contribution in [0.1, 0.15) is 33.3 Å². The summed E-state index contributed by atoms with van der Waals surface area (Å²) in [5.41, 5.74) is 0.828. The fraction of sp³-hybridized carbons (Fsp3) is 0.500. The highest BCUT2D eigenvalue weighted by Crippen LogP contribution is 2.29. The molecule has 1 heterocycles. The molecular formula is C22H31N3O5. The average Bonchev–Trinajstić information content (AvgIpc) is 2.73. The number of hydrogen-bond donors (Lipinski definition) is 1. The van der Waals surface area contributed by atoms with Gasteiger partial charge in [-0.2, -0.15) is 0 Å². The van der Waals surface area contributed by atoms with Crippen molar-refractivity contribution in [1.82, 2.24) is 15.1 Å². The SMILES string of the molecule is CCOc1ccc(C=CC(=O)N2CCN(C(=O)C(=O)NC(C)C)CC2)cc1OCC. The number of benzene rings is 1. The first-order valence-electron chi connectivity index (χ1n) is 10.3. The monoisotopic (exact) mass is 417 g/mol. The van der Waals surface area contributed by atoms with Crippen molar-refractivity contribution in [3.63, 3.8) is 0 Å². The van der Waals surface area contributed by atoms with E-state index < -0.39 is 11.8 Å². The summed E-state index contributed by atoms with van der Waals surface area (Å²) in [6, 6.07) is 5.43. The maximum atomic E-state index is 12.5. The topological polar surface area (TPSA) is 88.2 Å². The van der Waals surface area contributed by atoms with Crippen molar-refractivity contribution in [2.45, 2.75) is 33.7 Å². The van der Waals surface area contributed by atoms with E-state index >= 15 is 0 Å². The molecule has 1 fully saturated rings. The number of carbonyl (C=O) groups is 3. The molecule has 1 aromatic rings. The Morgan fingerprint density at radius 3 is 2.20 bits per heavy atom. The molecule has 0 atom stereocenters. The van der Waals surface area contributed by atoms with Gasteiger partial charge in [0.2, 0.25) is 5.91 Å². The summed E-state index contributed by atoms with van der Waals surface area (Å²) >= 11 is 0. The van der Waals surface area contributed by atoms with Gasteiger partial charge in [0, 0.05) is 38.3 Å². The fourth-order valence-electron chi connectivity index (χ4n) is 3.04. The van der Waals surface area contributed by atoms with Gasteiger partial charge in [0.15, 0.2) is 11.5 Å². The van der Waals surface area contributed by atoms with Crippen LogP contribution < -0.4 is 14.8 Å². The number of carbonyl (C=O) groups excluding carboxylic acids is 3. The first-order chi connectivity index (χ1) is 14.3. The number of nitrogens with zero attached hydrogens (tertiary/aromatic N) is 2. The molecule has 30 heavy (non-hydrogen) atoms. The Bertz CT molecular complexity index is 783. The number of rotatable bonds is 7. The quantitative estimate of drug-likeness (QED) is 0.539. The predicted molar refractivity (Wildman–Crippen MR) is 114 cm³/mol. The summed E-state index contributed by atoms with van der Waals surface area (Å²) in [4.78, 5) is 39.7. The lowest BCUT2D eigenvalue weighted by Gasteiger charge is -2.33. The van der Waals surface area contributed by atoms with E-state index in [4.69, 9.17) is 9.47 Å². The van der Waals surface area contributed by atoms with Gasteiger partial charge in [0.1, 0.15) is 0 Å². The van der Waals surface area contributed by atoms with Crippen LogP contribution in [0.5, 0.6) is 11.5 Å². The fourth-order valence-corrected chi connectivity index (χ4v) is 3.04. The summed E-state index contributed by atoms with van der Waals surface area (Å²) in [6.07, 6.45) is 3.24. The highest BCUT2D eigenvalue weighted by Gasteiger charge is 2.27. The second-order valence-electron chi connectivity index (χ2n) is 7.15. The highest BCUT2D eigenvalue weighted by atomic mass is 16.5. The third kappa shape index (κ3) is 6.50. The van der Waals surface area contributed by atoms with Crippen LogP contribution in [-0.4, -0.2) is 73.0 Å². The zero-order valence-electron chi connectivity index (χ0n) is 18.1. The molecule has 0 unspecified atom stereocenters. The lowest BCUT2D eigenvalue weighted by atomic mass is 10.1. The third-order valence-electron chi connectivity index (χ3n) is 4.48. The first kappa shape index (κ1) is 23.3. The molecule has 0 spiro atoms. The van der Waals surface area contributed by atoms with Crippen molar-refractivity contribution in [1.29, 1.82) is 0 Å². The van der Waals surface area contributed by atoms with Crippen LogP contribution in [0.25, 0.3) is 6.08 Å². The maximum absolute atomic E-state index is 12.5. The van der Waals surface area contributed by atoms with E-state index in [1.165, 1.54) is 11.0 Å². The number of piperazine rings is 1. The van der Waals surface area contributed by atoms with Crippen molar-refractivity contribution in [3.8, 4) is 11.5 Å². The number of nitrogens with one attached hydrogen (secondary N) is 1. The Hall–Kier alpha value is -3.03. The molecule has 0 bridgehead atoms. The van der Waals surface area contributed by atoms with Crippen LogP contribution in [0, 0.1) is 0 Å². The van der Waals surface area contributed by atoms with Crippen LogP contribution in [0.3, 0.4) is 0 Å². The van der Waals surface area contributed by atoms with Gasteiger partial charge in [0.25, 0.3) is 0 Å². The van der Waals surface area contributed by atoms with Crippen LogP contribution in [0.2, 0.25) is 0 Å². The van der Waals surface area contributed by atoms with Gasteiger partial charge >= 0.3 is 11.8 Å². The summed E-state index contributed by atoms with van der Waals surface area (Å²) < 4.78 is 11.2. The smallest absolute Gasteiger partial charge is 0.312 e. The van der Waals surface area contributed by atoms with E-state index in [0.29, 0.717) is 50.9 Å². The van der Waals surface area contributed by atoms with Gasteiger partial charge in [-0.15, -0.1) is 0 Å². The van der Waals surface area contributed by atoms with Crippen LogP contribution in [0.4, 0.5) is 0 Å². The van der Waals surface area contributed by atoms with Crippen molar-refractivity contribution >= 4 is 23.8 Å². The van der Waals surface area contributed by atoms with Gasteiger partial charge < -0.3 is 24.6 Å². The largest absolute Gasteiger partial charge is 0.490 e. The Morgan fingerprint density at radius 2 is 1.60 bits per heavy atom. The van der Waals surface area contributed by atoms with Crippen molar-refractivity contribution in [2.75, 3.05) is 39.4 Å². The minimum atomic E-state index is -0.606. The molecular weight excluding hydrogens is 386 g/mol. The van der Waals surface area contributed by atoms with E-state index in [2.05, 4.69) is 5.32 Å². The number of ether oxygens (including phenoxy) is 2. The molecule has 1 aromatic carbocycles. The molecule has 1 aliphatic heterocycles. The zero-order valence-corrected chi connectivity index (χ0v) is 18.1. The molecule has 0 aliphatic carbocycles. The average molecular weight is 418 g/mol. The van der Waals surface area contributed by atoms with Gasteiger partial charge in [-0.3, -0.25) is 14.4 Å².